The largest absolute Gasteiger partial charge is 0.481 e. The van der Waals surface area contributed by atoms with Gasteiger partial charge in [0.1, 0.15) is 0 Å². The van der Waals surface area contributed by atoms with Crippen molar-refractivity contribution in [3.8, 4) is 0 Å². The molecule has 4 nitrogen and oxygen atoms in total. The fourth-order valence-electron chi connectivity index (χ4n) is 1.86. The first-order valence-corrected chi connectivity index (χ1v) is 10.3. The third-order valence-corrected chi connectivity index (χ3v) is 5.29. The number of hydrogen-bond acceptors (Lipinski definition) is 4. The van der Waals surface area contributed by atoms with Crippen molar-refractivity contribution in [1.29, 1.82) is 0 Å². The molecule has 0 bridgehead atoms. The van der Waals surface area contributed by atoms with E-state index in [1.165, 1.54) is 9.79 Å². The topological polar surface area (TPSA) is 74.6 Å². The highest BCUT2D eigenvalue weighted by Gasteiger charge is 1.98. The molecule has 2 rings (SSSR count). The molecule has 0 saturated heterocycles. The summed E-state index contributed by atoms with van der Waals surface area (Å²) in [6.07, 6.45) is 1.99. The maximum absolute atomic E-state index is 10.2. The number of hydrogen-bond donors (Lipinski definition) is 2. The van der Waals surface area contributed by atoms with Gasteiger partial charge in [-0.25, -0.2) is 0 Å². The van der Waals surface area contributed by atoms with E-state index in [9.17, 15) is 9.59 Å². The lowest BCUT2D eigenvalue weighted by Crippen LogP contribution is -1.94. The van der Waals surface area contributed by atoms with Crippen LogP contribution in [0, 0.1) is 0 Å². The Morgan fingerprint density at radius 2 is 1.00 bits per heavy atom. The number of thioether (sulfide) groups is 2. The Labute approximate surface area is 163 Å². The summed E-state index contributed by atoms with van der Waals surface area (Å²) in [7, 11) is 0. The molecule has 0 aliphatic heterocycles. The molecule has 0 aromatic heterocycles. The summed E-state index contributed by atoms with van der Waals surface area (Å²) in [6, 6.07) is 20.0. The van der Waals surface area contributed by atoms with Gasteiger partial charge < -0.3 is 10.2 Å². The van der Waals surface area contributed by atoms with Crippen molar-refractivity contribution in [2.45, 2.75) is 35.5 Å². The van der Waals surface area contributed by atoms with Gasteiger partial charge in [-0.3, -0.25) is 9.59 Å². The molecule has 0 radical (unpaired) electrons. The molecule has 0 spiro atoms. The van der Waals surface area contributed by atoms with E-state index in [0.717, 1.165) is 24.3 Å². The zero-order chi connectivity index (χ0) is 19.0. The second-order valence-electron chi connectivity index (χ2n) is 5.32. The van der Waals surface area contributed by atoms with Crippen LogP contribution in [0.1, 0.15) is 25.7 Å². The monoisotopic (exact) mass is 392 g/mol. The van der Waals surface area contributed by atoms with Crippen LogP contribution in [0.4, 0.5) is 0 Å². The highest BCUT2D eigenvalue weighted by Crippen LogP contribution is 2.18. The molecule has 26 heavy (non-hydrogen) atoms. The predicted octanol–water partition coefficient (Wildman–Crippen LogP) is 5.29. The molecular weight excluding hydrogens is 368 g/mol. The smallest absolute Gasteiger partial charge is 0.303 e. The zero-order valence-corrected chi connectivity index (χ0v) is 16.2. The van der Waals surface area contributed by atoms with Crippen LogP contribution in [-0.4, -0.2) is 33.7 Å². The van der Waals surface area contributed by atoms with Crippen LogP contribution >= 0.6 is 23.5 Å². The van der Waals surface area contributed by atoms with E-state index in [-0.39, 0.29) is 12.8 Å². The van der Waals surface area contributed by atoms with E-state index in [1.54, 1.807) is 23.5 Å². The van der Waals surface area contributed by atoms with E-state index < -0.39 is 11.9 Å². The van der Waals surface area contributed by atoms with Crippen LogP contribution < -0.4 is 0 Å². The number of carbonyl (C=O) groups is 2. The van der Waals surface area contributed by atoms with Gasteiger partial charge in [0.05, 0.1) is 0 Å². The van der Waals surface area contributed by atoms with Crippen molar-refractivity contribution < 1.29 is 19.8 Å². The average Bonchev–Trinajstić information content (AvgIpc) is 2.64. The summed E-state index contributed by atoms with van der Waals surface area (Å²) >= 11 is 3.40. The van der Waals surface area contributed by atoms with Gasteiger partial charge in [-0.1, -0.05) is 36.4 Å². The summed E-state index contributed by atoms with van der Waals surface area (Å²) in [5.74, 6) is 0.314. The molecule has 0 atom stereocenters. The van der Waals surface area contributed by atoms with Crippen molar-refractivity contribution in [2.24, 2.45) is 0 Å². The van der Waals surface area contributed by atoms with Crippen molar-refractivity contribution in [2.75, 3.05) is 11.5 Å². The van der Waals surface area contributed by atoms with Gasteiger partial charge in [-0.05, 0) is 48.6 Å². The SMILES string of the molecule is O=C(O)CCCSc1ccccc1.O=C(O)CCCSc1ccccc1. The Kier molecular flexibility index (Phi) is 12.1. The third kappa shape index (κ3) is 12.4. The van der Waals surface area contributed by atoms with Gasteiger partial charge in [0.25, 0.3) is 0 Å². The highest BCUT2D eigenvalue weighted by atomic mass is 32.2. The molecule has 140 valence electrons. The zero-order valence-electron chi connectivity index (χ0n) is 14.5. The van der Waals surface area contributed by atoms with E-state index in [0.29, 0.717) is 0 Å². The van der Waals surface area contributed by atoms with Gasteiger partial charge in [0, 0.05) is 22.6 Å². The van der Waals surface area contributed by atoms with Crippen molar-refractivity contribution >= 4 is 35.5 Å². The lowest BCUT2D eigenvalue weighted by Gasteiger charge is -1.98. The van der Waals surface area contributed by atoms with Crippen LogP contribution in [0.5, 0.6) is 0 Å². The molecule has 0 amide bonds. The van der Waals surface area contributed by atoms with Gasteiger partial charge in [-0.2, -0.15) is 0 Å². The van der Waals surface area contributed by atoms with E-state index in [2.05, 4.69) is 0 Å². The maximum atomic E-state index is 10.2. The first kappa shape index (κ1) is 22.1. The molecule has 0 aliphatic carbocycles. The number of carboxylic acid groups (broad SMARTS) is 2. The third-order valence-electron chi connectivity index (χ3n) is 3.09. The maximum Gasteiger partial charge on any atom is 0.303 e. The van der Waals surface area contributed by atoms with Crippen molar-refractivity contribution in [3.63, 3.8) is 0 Å². The summed E-state index contributed by atoms with van der Waals surface area (Å²) < 4.78 is 0. The lowest BCUT2D eigenvalue weighted by molar-refractivity contribution is -0.138. The number of carboxylic acids is 2. The van der Waals surface area contributed by atoms with Crippen molar-refractivity contribution in [3.05, 3.63) is 60.7 Å². The first-order valence-electron chi connectivity index (χ1n) is 8.37. The Hall–Kier alpha value is -1.92. The highest BCUT2D eigenvalue weighted by molar-refractivity contribution is 7.99. The van der Waals surface area contributed by atoms with Gasteiger partial charge >= 0.3 is 11.9 Å². The van der Waals surface area contributed by atoms with E-state index in [4.69, 9.17) is 10.2 Å². The Balaban J connectivity index is 0.000000260. The number of rotatable bonds is 10. The standard InChI is InChI=1S/2C10H12O2S/c2*11-10(12)7-4-8-13-9-5-2-1-3-6-9/h2*1-3,5-6H,4,7-8H2,(H,11,12). The molecule has 2 aromatic rings. The lowest BCUT2D eigenvalue weighted by atomic mass is 10.3. The molecule has 0 fully saturated rings. The summed E-state index contributed by atoms with van der Waals surface area (Å²) in [5, 5.41) is 16.8. The van der Waals surface area contributed by atoms with Crippen LogP contribution in [0.15, 0.2) is 70.5 Å². The number of aliphatic carboxylic acids is 2. The van der Waals surface area contributed by atoms with Gasteiger partial charge in [0.2, 0.25) is 0 Å². The van der Waals surface area contributed by atoms with Crippen molar-refractivity contribution in [1.82, 2.24) is 0 Å². The summed E-state index contributed by atoms with van der Waals surface area (Å²) in [5.41, 5.74) is 0. The molecule has 0 heterocycles. The quantitative estimate of drug-likeness (QED) is 0.423. The number of benzene rings is 2. The molecular formula is C20H24O4S2. The van der Waals surface area contributed by atoms with Crippen LogP contribution in [0.25, 0.3) is 0 Å². The van der Waals surface area contributed by atoms with Crippen LogP contribution in [-0.2, 0) is 9.59 Å². The molecule has 6 heteroatoms. The second-order valence-corrected chi connectivity index (χ2v) is 7.65. The van der Waals surface area contributed by atoms with Crippen LogP contribution in [0.3, 0.4) is 0 Å². The van der Waals surface area contributed by atoms with E-state index >= 15 is 0 Å². The van der Waals surface area contributed by atoms with E-state index in [1.807, 2.05) is 60.7 Å². The molecule has 2 N–H and O–H groups in total. The van der Waals surface area contributed by atoms with Crippen LogP contribution in [0.2, 0.25) is 0 Å². The average molecular weight is 393 g/mol. The second kappa shape index (κ2) is 14.3. The molecule has 2 aromatic carbocycles. The Bertz CT molecular complexity index is 575. The Morgan fingerprint density at radius 3 is 1.31 bits per heavy atom. The fraction of sp³-hybridized carbons (Fsp3) is 0.300. The fourth-order valence-corrected chi connectivity index (χ4v) is 3.61. The van der Waals surface area contributed by atoms with Gasteiger partial charge in [0.15, 0.2) is 0 Å². The first-order chi connectivity index (χ1) is 12.6. The minimum atomic E-state index is -0.714. The minimum absolute atomic E-state index is 0.264. The Morgan fingerprint density at radius 1 is 0.654 bits per heavy atom. The molecule has 0 aliphatic rings. The van der Waals surface area contributed by atoms with Gasteiger partial charge in [-0.15, -0.1) is 23.5 Å². The molecule has 0 saturated carbocycles. The normalized spacial score (nSPS) is 9.85. The summed E-state index contributed by atoms with van der Waals surface area (Å²) in [6.45, 7) is 0. The molecule has 0 unspecified atom stereocenters. The summed E-state index contributed by atoms with van der Waals surface area (Å²) in [4.78, 5) is 22.8. The minimum Gasteiger partial charge on any atom is -0.481 e. The predicted molar refractivity (Wildman–Crippen MR) is 108 cm³/mol.